The average molecular weight is 411 g/mol. The van der Waals surface area contributed by atoms with Crippen LogP contribution in [0.15, 0.2) is 120 Å². The molecule has 0 saturated heterocycles. The van der Waals surface area contributed by atoms with Crippen LogP contribution in [0.3, 0.4) is 0 Å². The fourth-order valence-electron chi connectivity index (χ4n) is 4.53. The van der Waals surface area contributed by atoms with Gasteiger partial charge in [0.05, 0.1) is 0 Å². The zero-order valence-corrected chi connectivity index (χ0v) is 17.9. The minimum Gasteiger partial charge on any atom is -0.455 e. The van der Waals surface area contributed by atoms with Gasteiger partial charge in [0, 0.05) is 16.3 Å². The van der Waals surface area contributed by atoms with Crippen molar-refractivity contribution in [2.24, 2.45) is 0 Å². The van der Waals surface area contributed by atoms with Crippen LogP contribution in [-0.2, 0) is 0 Å². The molecule has 1 heteroatoms. The molecule has 5 aromatic carbocycles. The zero-order valence-electron chi connectivity index (χ0n) is 17.9. The summed E-state index contributed by atoms with van der Waals surface area (Å²) in [5.41, 5.74) is 10.2. The van der Waals surface area contributed by atoms with E-state index in [0.717, 1.165) is 27.7 Å². The lowest BCUT2D eigenvalue weighted by Gasteiger charge is -2.09. The van der Waals surface area contributed by atoms with E-state index < -0.39 is 0 Å². The normalized spacial score (nSPS) is 11.3. The van der Waals surface area contributed by atoms with E-state index in [9.17, 15) is 0 Å². The highest BCUT2D eigenvalue weighted by Gasteiger charge is 2.17. The maximum absolute atomic E-state index is 6.51. The lowest BCUT2D eigenvalue weighted by Crippen LogP contribution is -1.84. The van der Waals surface area contributed by atoms with Crippen LogP contribution in [0.25, 0.3) is 55.3 Å². The fraction of sp³-hybridized carbons (Fsp3) is 0.0323. The second-order valence-corrected chi connectivity index (χ2v) is 8.28. The first-order valence-corrected chi connectivity index (χ1v) is 10.9. The van der Waals surface area contributed by atoms with Crippen molar-refractivity contribution in [2.45, 2.75) is 6.92 Å². The van der Waals surface area contributed by atoms with Gasteiger partial charge in [-0.2, -0.15) is 0 Å². The predicted octanol–water partition coefficient (Wildman–Crippen LogP) is 8.90. The summed E-state index contributed by atoms with van der Waals surface area (Å²) in [6, 6.07) is 40.7. The largest absolute Gasteiger partial charge is 0.455 e. The summed E-state index contributed by atoms with van der Waals surface area (Å²) in [6.07, 6.45) is 0. The molecule has 0 unspecified atom stereocenters. The van der Waals surface area contributed by atoms with Crippen molar-refractivity contribution in [3.8, 4) is 33.4 Å². The Morgan fingerprint density at radius 2 is 1.16 bits per heavy atom. The van der Waals surface area contributed by atoms with E-state index in [2.05, 4.69) is 122 Å². The van der Waals surface area contributed by atoms with E-state index in [-0.39, 0.29) is 0 Å². The Labute approximate surface area is 187 Å². The maximum atomic E-state index is 6.51. The maximum Gasteiger partial charge on any atom is 0.143 e. The van der Waals surface area contributed by atoms with Crippen LogP contribution < -0.4 is 0 Å². The van der Waals surface area contributed by atoms with E-state index >= 15 is 0 Å². The number of furan rings is 1. The molecule has 6 aromatic rings. The van der Waals surface area contributed by atoms with Gasteiger partial charge < -0.3 is 4.42 Å². The molecule has 0 fully saturated rings. The molecule has 0 radical (unpaired) electrons. The molecule has 1 nitrogen and oxygen atoms in total. The number of hydrogen-bond donors (Lipinski definition) is 0. The molecule has 0 spiro atoms. The van der Waals surface area contributed by atoms with E-state index in [1.54, 1.807) is 0 Å². The summed E-state index contributed by atoms with van der Waals surface area (Å²) in [4.78, 5) is 0. The minimum atomic E-state index is 0.917. The number of rotatable bonds is 3. The Hall–Kier alpha value is -4.10. The lowest BCUT2D eigenvalue weighted by atomic mass is 9.93. The van der Waals surface area contributed by atoms with Crippen LogP contribution >= 0.6 is 0 Å². The van der Waals surface area contributed by atoms with Crippen molar-refractivity contribution in [2.75, 3.05) is 0 Å². The highest BCUT2D eigenvalue weighted by Crippen LogP contribution is 2.42. The summed E-state index contributed by atoms with van der Waals surface area (Å²) in [5.74, 6) is 0. The highest BCUT2D eigenvalue weighted by atomic mass is 16.3. The summed E-state index contributed by atoms with van der Waals surface area (Å²) >= 11 is 0. The van der Waals surface area contributed by atoms with Gasteiger partial charge in [-0.3, -0.25) is 0 Å². The molecule has 0 bridgehead atoms. The SMILES string of the molecule is Cc1ccc(-c2cccc3oc4c(-c5ccccc5)cc(-c5ccccc5)cc4c23)cc1. The van der Waals surface area contributed by atoms with Crippen LogP contribution in [0.2, 0.25) is 0 Å². The molecular weight excluding hydrogens is 388 g/mol. The quantitative estimate of drug-likeness (QED) is 0.284. The van der Waals surface area contributed by atoms with Gasteiger partial charge in [0.15, 0.2) is 0 Å². The molecule has 6 rings (SSSR count). The monoisotopic (exact) mass is 410 g/mol. The molecule has 0 aliphatic heterocycles. The Kier molecular flexibility index (Phi) is 4.40. The van der Waals surface area contributed by atoms with Crippen molar-refractivity contribution in [1.29, 1.82) is 0 Å². The summed E-state index contributed by atoms with van der Waals surface area (Å²) in [7, 11) is 0. The van der Waals surface area contributed by atoms with Crippen molar-refractivity contribution in [1.82, 2.24) is 0 Å². The van der Waals surface area contributed by atoms with Gasteiger partial charge in [-0.15, -0.1) is 0 Å². The molecule has 1 heterocycles. The second-order valence-electron chi connectivity index (χ2n) is 8.28. The smallest absolute Gasteiger partial charge is 0.143 e. The number of fused-ring (bicyclic) bond motifs is 3. The fourth-order valence-corrected chi connectivity index (χ4v) is 4.53. The zero-order chi connectivity index (χ0) is 21.5. The van der Waals surface area contributed by atoms with E-state index in [1.807, 2.05) is 0 Å². The first-order chi connectivity index (χ1) is 15.8. The topological polar surface area (TPSA) is 13.1 Å². The summed E-state index contributed by atoms with van der Waals surface area (Å²) in [5, 5.41) is 2.32. The summed E-state index contributed by atoms with van der Waals surface area (Å²) < 4.78 is 6.51. The van der Waals surface area contributed by atoms with Gasteiger partial charge in [-0.05, 0) is 52.9 Å². The van der Waals surface area contributed by atoms with Gasteiger partial charge in [0.1, 0.15) is 11.2 Å². The van der Waals surface area contributed by atoms with E-state index in [0.29, 0.717) is 0 Å². The van der Waals surface area contributed by atoms with Gasteiger partial charge in [0.2, 0.25) is 0 Å². The van der Waals surface area contributed by atoms with E-state index in [1.165, 1.54) is 33.2 Å². The first kappa shape index (κ1) is 18.7. The van der Waals surface area contributed by atoms with Gasteiger partial charge in [0.25, 0.3) is 0 Å². The Bertz CT molecular complexity index is 1540. The molecular formula is C31H22O. The van der Waals surface area contributed by atoms with Crippen LogP contribution in [0.5, 0.6) is 0 Å². The van der Waals surface area contributed by atoms with Gasteiger partial charge >= 0.3 is 0 Å². The van der Waals surface area contributed by atoms with Crippen molar-refractivity contribution in [3.05, 3.63) is 121 Å². The number of benzene rings is 5. The standard InChI is InChI=1S/C31H22O/c1-21-15-17-24(18-16-21)26-13-8-14-29-30(26)28-20-25(22-9-4-2-5-10-22)19-27(31(28)32-29)23-11-6-3-7-12-23/h2-20H,1H3. The van der Waals surface area contributed by atoms with Crippen LogP contribution in [-0.4, -0.2) is 0 Å². The molecule has 0 aliphatic rings. The third-order valence-corrected chi connectivity index (χ3v) is 6.15. The second kappa shape index (κ2) is 7.55. The first-order valence-electron chi connectivity index (χ1n) is 10.9. The van der Waals surface area contributed by atoms with Gasteiger partial charge in [-0.25, -0.2) is 0 Å². The number of hydrogen-bond acceptors (Lipinski definition) is 1. The number of aryl methyl sites for hydroxylation is 1. The molecule has 1 aromatic heterocycles. The molecule has 0 saturated carbocycles. The van der Waals surface area contributed by atoms with Crippen molar-refractivity contribution >= 4 is 21.9 Å². The Balaban J connectivity index is 1.72. The third kappa shape index (κ3) is 3.11. The summed E-state index contributed by atoms with van der Waals surface area (Å²) in [6.45, 7) is 2.12. The average Bonchev–Trinajstić information content (AvgIpc) is 3.24. The molecule has 0 N–H and O–H groups in total. The minimum absolute atomic E-state index is 0.917. The molecule has 0 aliphatic carbocycles. The van der Waals surface area contributed by atoms with Crippen LogP contribution in [0.1, 0.15) is 5.56 Å². The van der Waals surface area contributed by atoms with Crippen LogP contribution in [0, 0.1) is 6.92 Å². The Morgan fingerprint density at radius 3 is 1.88 bits per heavy atom. The molecule has 0 amide bonds. The van der Waals surface area contributed by atoms with Gasteiger partial charge in [-0.1, -0.05) is 103 Å². The highest BCUT2D eigenvalue weighted by molar-refractivity contribution is 6.16. The predicted molar refractivity (Wildman–Crippen MR) is 135 cm³/mol. The lowest BCUT2D eigenvalue weighted by molar-refractivity contribution is 0.670. The van der Waals surface area contributed by atoms with E-state index in [4.69, 9.17) is 4.42 Å². The Morgan fingerprint density at radius 1 is 0.500 bits per heavy atom. The molecule has 152 valence electrons. The van der Waals surface area contributed by atoms with Crippen molar-refractivity contribution in [3.63, 3.8) is 0 Å². The third-order valence-electron chi connectivity index (χ3n) is 6.15. The molecule has 32 heavy (non-hydrogen) atoms. The van der Waals surface area contributed by atoms with Crippen molar-refractivity contribution < 1.29 is 4.42 Å². The van der Waals surface area contributed by atoms with Crippen LogP contribution in [0.4, 0.5) is 0 Å². The molecule has 0 atom stereocenters.